The van der Waals surface area contributed by atoms with Gasteiger partial charge in [-0.3, -0.25) is 4.79 Å². The third-order valence-electron chi connectivity index (χ3n) is 7.40. The molecule has 2 heterocycles. The average molecular weight is 578 g/mol. The molecule has 11 heteroatoms. The number of methoxy groups -OCH3 is 1. The Morgan fingerprint density at radius 2 is 1.73 bits per heavy atom. The zero-order valence-electron chi connectivity index (χ0n) is 23.9. The molecule has 1 aliphatic rings. The number of halogens is 1. The first-order valence-corrected chi connectivity index (χ1v) is 13.6. The number of aromatic nitrogens is 2. The minimum Gasteiger partial charge on any atom is -0.473 e. The molecular weight excluding hydrogens is 545 g/mol. The van der Waals surface area contributed by atoms with Crippen LogP contribution in [0, 0.1) is 11.3 Å². The number of rotatable bonds is 11. The van der Waals surface area contributed by atoms with E-state index in [1.54, 1.807) is 12.1 Å². The average Bonchev–Trinajstić information content (AvgIpc) is 3.17. The molecule has 0 saturated carbocycles. The normalized spacial score (nSPS) is 15.4. The fourth-order valence-electron chi connectivity index (χ4n) is 4.29. The van der Waals surface area contributed by atoms with Crippen LogP contribution in [-0.4, -0.2) is 48.0 Å². The van der Waals surface area contributed by atoms with Gasteiger partial charge in [0.25, 0.3) is 0 Å². The standard InChI is InChI=1S/C30H33BClN3O6/c1-29(2)30(3,4)41-31(40-29)25-9-8-21(16-27(36)37-5)24(15-25)18-38-13-11-22-14-20(17-33)6-7-23(22)19-39-26-10-12-34-28(32)35-26/h6-10,12,14-15H,11,13,16,18-19H2,1-5H3. The molecule has 9 nitrogen and oxygen atoms in total. The lowest BCUT2D eigenvalue weighted by atomic mass is 9.77. The van der Waals surface area contributed by atoms with Crippen LogP contribution in [0.15, 0.2) is 48.7 Å². The predicted octanol–water partition coefficient (Wildman–Crippen LogP) is 4.35. The van der Waals surface area contributed by atoms with Gasteiger partial charge in [-0.15, -0.1) is 0 Å². The van der Waals surface area contributed by atoms with Crippen LogP contribution in [-0.2, 0) is 49.6 Å². The van der Waals surface area contributed by atoms with Crippen molar-refractivity contribution in [2.45, 2.75) is 65.0 Å². The van der Waals surface area contributed by atoms with Crippen LogP contribution in [0.5, 0.6) is 5.88 Å². The minimum atomic E-state index is -0.535. The van der Waals surface area contributed by atoms with E-state index < -0.39 is 18.3 Å². The largest absolute Gasteiger partial charge is 0.494 e. The van der Waals surface area contributed by atoms with Crippen molar-refractivity contribution in [3.05, 3.63) is 81.8 Å². The monoisotopic (exact) mass is 577 g/mol. The van der Waals surface area contributed by atoms with Crippen molar-refractivity contribution in [1.82, 2.24) is 9.97 Å². The smallest absolute Gasteiger partial charge is 0.473 e. The summed E-state index contributed by atoms with van der Waals surface area (Å²) in [6, 6.07) is 15.0. The SMILES string of the molecule is COC(=O)Cc1ccc(B2OC(C)(C)C(C)(C)O2)cc1COCCc1cc(C#N)ccc1COc1ccnc(Cl)n1. The molecule has 0 unspecified atom stereocenters. The second kappa shape index (κ2) is 13.0. The lowest BCUT2D eigenvalue weighted by Crippen LogP contribution is -2.41. The summed E-state index contributed by atoms with van der Waals surface area (Å²) < 4.78 is 29.2. The summed E-state index contributed by atoms with van der Waals surface area (Å²) in [6.07, 6.45) is 2.19. The molecule has 2 aromatic carbocycles. The summed E-state index contributed by atoms with van der Waals surface area (Å²) in [5.74, 6) is 0.0224. The molecule has 1 fully saturated rings. The number of esters is 1. The van der Waals surface area contributed by atoms with Gasteiger partial charge in [0.15, 0.2) is 0 Å². The quantitative estimate of drug-likeness (QED) is 0.142. The molecule has 1 saturated heterocycles. The van der Waals surface area contributed by atoms with Gasteiger partial charge in [0, 0.05) is 12.3 Å². The Labute approximate surface area is 245 Å². The summed E-state index contributed by atoms with van der Waals surface area (Å²) in [6.45, 7) is 8.91. The molecule has 1 aromatic heterocycles. The summed E-state index contributed by atoms with van der Waals surface area (Å²) >= 11 is 5.86. The van der Waals surface area contributed by atoms with Gasteiger partial charge in [0.1, 0.15) is 6.61 Å². The third-order valence-corrected chi connectivity index (χ3v) is 7.59. The Hall–Kier alpha value is -3.49. The maximum absolute atomic E-state index is 12.1. The number of nitrogens with zero attached hydrogens (tertiary/aromatic N) is 3. The Morgan fingerprint density at radius 3 is 2.41 bits per heavy atom. The summed E-state index contributed by atoms with van der Waals surface area (Å²) in [5, 5.41) is 9.51. The van der Waals surface area contributed by atoms with Crippen LogP contribution in [0.25, 0.3) is 0 Å². The first kappa shape index (κ1) is 30.5. The fraction of sp³-hybridized carbons (Fsp3) is 0.400. The molecule has 3 aromatic rings. The van der Waals surface area contributed by atoms with Gasteiger partial charge in [-0.2, -0.15) is 10.2 Å². The molecule has 0 bridgehead atoms. The van der Waals surface area contributed by atoms with Crippen molar-refractivity contribution >= 4 is 30.2 Å². The second-order valence-corrected chi connectivity index (χ2v) is 11.1. The molecule has 0 atom stereocenters. The number of carbonyl (C=O) groups is 1. The molecule has 41 heavy (non-hydrogen) atoms. The zero-order valence-corrected chi connectivity index (χ0v) is 24.7. The first-order valence-electron chi connectivity index (χ1n) is 13.3. The van der Waals surface area contributed by atoms with Gasteiger partial charge in [-0.05, 0) is 85.6 Å². The van der Waals surface area contributed by atoms with Gasteiger partial charge >= 0.3 is 13.1 Å². The van der Waals surface area contributed by atoms with Crippen LogP contribution in [0.1, 0.15) is 55.5 Å². The van der Waals surface area contributed by atoms with Crippen LogP contribution < -0.4 is 10.2 Å². The lowest BCUT2D eigenvalue weighted by Gasteiger charge is -2.32. The van der Waals surface area contributed by atoms with Gasteiger partial charge in [-0.1, -0.05) is 24.3 Å². The van der Waals surface area contributed by atoms with Crippen molar-refractivity contribution in [1.29, 1.82) is 5.26 Å². The molecule has 214 valence electrons. The summed E-state index contributed by atoms with van der Waals surface area (Å²) in [4.78, 5) is 20.0. The van der Waals surface area contributed by atoms with E-state index in [1.807, 2.05) is 58.0 Å². The maximum Gasteiger partial charge on any atom is 0.494 e. The van der Waals surface area contributed by atoms with Crippen LogP contribution >= 0.6 is 11.6 Å². The fourth-order valence-corrected chi connectivity index (χ4v) is 4.43. The molecule has 0 N–H and O–H groups in total. The van der Waals surface area contributed by atoms with E-state index in [9.17, 15) is 10.1 Å². The van der Waals surface area contributed by atoms with E-state index in [0.29, 0.717) is 24.5 Å². The van der Waals surface area contributed by atoms with Crippen molar-refractivity contribution < 1.29 is 28.3 Å². The Morgan fingerprint density at radius 1 is 1.00 bits per heavy atom. The number of hydrogen-bond acceptors (Lipinski definition) is 9. The van der Waals surface area contributed by atoms with Gasteiger partial charge in [0.05, 0.1) is 49.6 Å². The van der Waals surface area contributed by atoms with Crippen molar-refractivity contribution in [2.75, 3.05) is 13.7 Å². The van der Waals surface area contributed by atoms with E-state index in [-0.39, 0.29) is 30.9 Å². The van der Waals surface area contributed by atoms with Gasteiger partial charge in [0.2, 0.25) is 11.2 Å². The number of hydrogen-bond donors (Lipinski definition) is 0. The van der Waals surface area contributed by atoms with Gasteiger partial charge in [-0.25, -0.2) is 4.98 Å². The van der Waals surface area contributed by atoms with E-state index in [2.05, 4.69) is 16.0 Å². The molecular formula is C30H33BClN3O6. The van der Waals surface area contributed by atoms with E-state index in [1.165, 1.54) is 13.3 Å². The summed E-state index contributed by atoms with van der Waals surface area (Å²) in [7, 11) is 0.833. The number of benzene rings is 2. The lowest BCUT2D eigenvalue weighted by molar-refractivity contribution is -0.139. The highest BCUT2D eigenvalue weighted by Crippen LogP contribution is 2.36. The molecule has 0 amide bonds. The minimum absolute atomic E-state index is 0.102. The Balaban J connectivity index is 1.45. The predicted molar refractivity (Wildman–Crippen MR) is 154 cm³/mol. The molecule has 0 spiro atoms. The zero-order chi connectivity index (χ0) is 29.6. The Bertz CT molecular complexity index is 1430. The number of nitriles is 1. The number of ether oxygens (including phenoxy) is 3. The maximum atomic E-state index is 12.1. The highest BCUT2D eigenvalue weighted by Gasteiger charge is 2.51. The topological polar surface area (TPSA) is 113 Å². The Kier molecular flexibility index (Phi) is 9.66. The van der Waals surface area contributed by atoms with Crippen LogP contribution in [0.4, 0.5) is 0 Å². The highest BCUT2D eigenvalue weighted by molar-refractivity contribution is 6.62. The molecule has 4 rings (SSSR count). The first-order chi connectivity index (χ1) is 19.5. The van der Waals surface area contributed by atoms with Crippen LogP contribution in [0.3, 0.4) is 0 Å². The third kappa shape index (κ3) is 7.63. The van der Waals surface area contributed by atoms with E-state index in [0.717, 1.165) is 27.7 Å². The van der Waals surface area contributed by atoms with E-state index >= 15 is 0 Å². The van der Waals surface area contributed by atoms with Crippen molar-refractivity contribution in [3.63, 3.8) is 0 Å². The molecule has 0 aliphatic carbocycles. The van der Waals surface area contributed by atoms with Gasteiger partial charge < -0.3 is 23.5 Å². The van der Waals surface area contributed by atoms with E-state index in [4.69, 9.17) is 35.1 Å². The molecule has 0 radical (unpaired) electrons. The number of carbonyl (C=O) groups excluding carboxylic acids is 1. The van der Waals surface area contributed by atoms with Crippen LogP contribution in [0.2, 0.25) is 5.28 Å². The molecule has 1 aliphatic heterocycles. The van der Waals surface area contributed by atoms with Crippen molar-refractivity contribution in [2.24, 2.45) is 0 Å². The highest BCUT2D eigenvalue weighted by atomic mass is 35.5. The summed E-state index contributed by atoms with van der Waals surface area (Å²) in [5.41, 5.74) is 3.92. The second-order valence-electron chi connectivity index (χ2n) is 10.7. The van der Waals surface area contributed by atoms with Crippen molar-refractivity contribution in [3.8, 4) is 11.9 Å².